The van der Waals surface area contributed by atoms with E-state index in [1.54, 1.807) is 30.3 Å². The van der Waals surface area contributed by atoms with Crippen LogP contribution in [0.3, 0.4) is 0 Å². The summed E-state index contributed by atoms with van der Waals surface area (Å²) < 4.78 is 34.1. The number of nitrogens with zero attached hydrogens (tertiary/aromatic N) is 3. The van der Waals surface area contributed by atoms with E-state index in [2.05, 4.69) is 16.8 Å². The summed E-state index contributed by atoms with van der Waals surface area (Å²) in [7, 11) is -1.76. The van der Waals surface area contributed by atoms with Crippen molar-refractivity contribution in [1.82, 2.24) is 19.3 Å². The average Bonchev–Trinajstić information content (AvgIpc) is 3.41. The van der Waals surface area contributed by atoms with E-state index >= 15 is 0 Å². The highest BCUT2D eigenvalue weighted by Gasteiger charge is 2.21. The van der Waals surface area contributed by atoms with Gasteiger partial charge in [-0.15, -0.1) is 0 Å². The molecule has 0 spiro atoms. The van der Waals surface area contributed by atoms with Crippen molar-refractivity contribution in [2.45, 2.75) is 11.3 Å². The fourth-order valence-electron chi connectivity index (χ4n) is 4.20. The molecular weight excluding hydrogens is 492 g/mol. The first-order valence-corrected chi connectivity index (χ1v) is 13.6. The lowest BCUT2D eigenvalue weighted by molar-refractivity contribution is -0.124. The van der Waals surface area contributed by atoms with Gasteiger partial charge >= 0.3 is 0 Å². The van der Waals surface area contributed by atoms with E-state index in [1.165, 1.54) is 23.9 Å². The van der Waals surface area contributed by atoms with E-state index in [4.69, 9.17) is 9.94 Å². The Balaban J connectivity index is 1.47. The number of hydrogen-bond acceptors (Lipinski definition) is 7. The van der Waals surface area contributed by atoms with Gasteiger partial charge in [-0.3, -0.25) is 10.0 Å². The van der Waals surface area contributed by atoms with E-state index in [1.807, 2.05) is 24.3 Å². The summed E-state index contributed by atoms with van der Waals surface area (Å²) in [4.78, 5) is 16.2. The predicted molar refractivity (Wildman–Crippen MR) is 142 cm³/mol. The molecule has 196 valence electrons. The van der Waals surface area contributed by atoms with Gasteiger partial charge in [0, 0.05) is 56.8 Å². The number of aromatic nitrogens is 1. The minimum Gasteiger partial charge on any atom is -0.494 e. The molecule has 9 nitrogen and oxygen atoms in total. The number of carbonyl (C=O) groups excluding carboxylic acids is 1. The predicted octanol–water partition coefficient (Wildman–Crippen LogP) is 2.93. The fourth-order valence-corrected chi connectivity index (χ4v) is 5.62. The lowest BCUT2D eigenvalue weighted by atomic mass is 10.1. The van der Waals surface area contributed by atoms with Crippen LogP contribution in [0.15, 0.2) is 78.0 Å². The Labute approximate surface area is 217 Å². The largest absolute Gasteiger partial charge is 0.494 e. The molecule has 1 aliphatic heterocycles. The summed E-state index contributed by atoms with van der Waals surface area (Å²) in [5.41, 5.74) is 3.30. The molecule has 0 radical (unpaired) electrons. The molecule has 2 heterocycles. The molecule has 1 amide bonds. The second-order valence-corrected chi connectivity index (χ2v) is 10.8. The van der Waals surface area contributed by atoms with Crippen LogP contribution in [0, 0.1) is 0 Å². The first-order chi connectivity index (χ1) is 17.9. The molecule has 0 aliphatic carbocycles. The Morgan fingerprint density at radius 1 is 1.08 bits per heavy atom. The summed E-state index contributed by atoms with van der Waals surface area (Å²) in [6, 6.07) is 15.9. The van der Waals surface area contributed by atoms with Gasteiger partial charge in [0.15, 0.2) is 0 Å². The standard InChI is InChI=1S/C27H32N4O5S/c1-29-15-17-30(18-16-29)13-5-19-36-24-7-4-6-23(20-24)25-8-2-3-9-26(25)37(34,35)31-14-12-22(21-31)10-11-27(32)28-33/h2-4,6-12,14,20-21,33H,5,13,15-19H2,1H3,(H,28,32). The molecule has 0 saturated carbocycles. The molecule has 0 atom stereocenters. The molecule has 10 heteroatoms. The minimum absolute atomic E-state index is 0.154. The van der Waals surface area contributed by atoms with Gasteiger partial charge in [-0.2, -0.15) is 0 Å². The molecule has 2 N–H and O–H groups in total. The van der Waals surface area contributed by atoms with Crippen molar-refractivity contribution in [2.24, 2.45) is 0 Å². The Morgan fingerprint density at radius 3 is 2.65 bits per heavy atom. The van der Waals surface area contributed by atoms with Crippen molar-refractivity contribution < 1.29 is 23.2 Å². The smallest absolute Gasteiger partial charge is 0.268 e. The zero-order valence-electron chi connectivity index (χ0n) is 20.8. The molecule has 1 aliphatic rings. The van der Waals surface area contributed by atoms with Crippen molar-refractivity contribution in [1.29, 1.82) is 0 Å². The van der Waals surface area contributed by atoms with E-state index in [9.17, 15) is 13.2 Å². The monoisotopic (exact) mass is 524 g/mol. The van der Waals surface area contributed by atoms with Gasteiger partial charge in [0.2, 0.25) is 0 Å². The highest BCUT2D eigenvalue weighted by molar-refractivity contribution is 7.90. The van der Waals surface area contributed by atoms with Crippen molar-refractivity contribution in [3.8, 4) is 16.9 Å². The molecule has 3 aromatic rings. The van der Waals surface area contributed by atoms with Gasteiger partial charge in [0.1, 0.15) is 5.75 Å². The van der Waals surface area contributed by atoms with E-state index < -0.39 is 15.9 Å². The maximum Gasteiger partial charge on any atom is 0.268 e. The number of nitrogens with one attached hydrogen (secondary N) is 1. The Hall–Kier alpha value is -3.44. The number of likely N-dealkylation sites (N-methyl/N-ethyl adjacent to an activating group) is 1. The second kappa shape index (κ2) is 12.2. The SMILES string of the molecule is CN1CCN(CCCOc2cccc(-c3ccccc3S(=O)(=O)n3ccc(C=CC(=O)NO)c3)c2)CC1. The molecule has 2 aromatic carbocycles. The van der Waals surface area contributed by atoms with Crippen LogP contribution in [-0.2, 0) is 14.8 Å². The number of piperazine rings is 1. The number of rotatable bonds is 10. The van der Waals surface area contributed by atoms with Gasteiger partial charge < -0.3 is 14.5 Å². The van der Waals surface area contributed by atoms with Gasteiger partial charge in [-0.05, 0) is 54.9 Å². The van der Waals surface area contributed by atoms with Gasteiger partial charge in [0.25, 0.3) is 15.9 Å². The number of hydrogen-bond donors (Lipinski definition) is 2. The van der Waals surface area contributed by atoms with Crippen LogP contribution in [0.1, 0.15) is 12.0 Å². The Bertz CT molecular complexity index is 1340. The second-order valence-electron chi connectivity index (χ2n) is 8.96. The topological polar surface area (TPSA) is 104 Å². The van der Waals surface area contributed by atoms with Crippen LogP contribution >= 0.6 is 0 Å². The van der Waals surface area contributed by atoms with Crippen molar-refractivity contribution in [2.75, 3.05) is 46.4 Å². The molecule has 1 fully saturated rings. The molecule has 37 heavy (non-hydrogen) atoms. The van der Waals surface area contributed by atoms with Crippen LogP contribution in [0.4, 0.5) is 0 Å². The van der Waals surface area contributed by atoms with Crippen molar-refractivity contribution in [3.05, 3.63) is 78.6 Å². The van der Waals surface area contributed by atoms with Crippen LogP contribution < -0.4 is 10.2 Å². The van der Waals surface area contributed by atoms with E-state index in [0.29, 0.717) is 23.5 Å². The maximum atomic E-state index is 13.5. The van der Waals surface area contributed by atoms with E-state index in [0.717, 1.165) is 54.8 Å². The first kappa shape index (κ1) is 26.6. The zero-order chi connectivity index (χ0) is 26.3. The number of hydroxylamine groups is 1. The summed E-state index contributed by atoms with van der Waals surface area (Å²) in [6.45, 7) is 5.92. The van der Waals surface area contributed by atoms with Crippen molar-refractivity contribution in [3.63, 3.8) is 0 Å². The van der Waals surface area contributed by atoms with Gasteiger partial charge in [-0.25, -0.2) is 17.9 Å². The molecule has 4 rings (SSSR count). The van der Waals surface area contributed by atoms with Crippen LogP contribution in [0.2, 0.25) is 0 Å². The summed E-state index contributed by atoms with van der Waals surface area (Å²) in [5.74, 6) is -0.0130. The normalized spacial score (nSPS) is 15.2. The number of ether oxygens (including phenoxy) is 1. The third-order valence-corrected chi connectivity index (χ3v) is 7.99. The molecule has 0 unspecified atom stereocenters. The number of carbonyl (C=O) groups is 1. The Kier molecular flexibility index (Phi) is 8.78. The number of amides is 1. The van der Waals surface area contributed by atoms with Crippen molar-refractivity contribution >= 4 is 22.0 Å². The van der Waals surface area contributed by atoms with Crippen LogP contribution in [-0.4, -0.2) is 79.7 Å². The maximum absolute atomic E-state index is 13.5. The summed E-state index contributed by atoms with van der Waals surface area (Å²) >= 11 is 0. The van der Waals surface area contributed by atoms with Gasteiger partial charge in [0.05, 0.1) is 11.5 Å². The Morgan fingerprint density at radius 2 is 1.86 bits per heavy atom. The van der Waals surface area contributed by atoms with Crippen LogP contribution in [0.5, 0.6) is 5.75 Å². The molecule has 1 saturated heterocycles. The zero-order valence-corrected chi connectivity index (χ0v) is 21.6. The third-order valence-electron chi connectivity index (χ3n) is 6.30. The lowest BCUT2D eigenvalue weighted by Gasteiger charge is -2.32. The highest BCUT2D eigenvalue weighted by atomic mass is 32.2. The average molecular weight is 525 g/mol. The highest BCUT2D eigenvalue weighted by Crippen LogP contribution is 2.31. The summed E-state index contributed by atoms with van der Waals surface area (Å²) in [6.07, 6.45) is 6.27. The third kappa shape index (κ3) is 6.86. The molecule has 1 aromatic heterocycles. The minimum atomic E-state index is -3.91. The lowest BCUT2D eigenvalue weighted by Crippen LogP contribution is -2.44. The number of benzene rings is 2. The fraction of sp³-hybridized carbons (Fsp3) is 0.296. The van der Waals surface area contributed by atoms with Gasteiger partial charge in [-0.1, -0.05) is 30.3 Å². The van der Waals surface area contributed by atoms with Crippen LogP contribution in [0.25, 0.3) is 17.2 Å². The molecular formula is C27H32N4O5S. The quantitative estimate of drug-likeness (QED) is 0.182. The molecule has 0 bridgehead atoms. The summed E-state index contributed by atoms with van der Waals surface area (Å²) in [5, 5.41) is 8.61. The van der Waals surface area contributed by atoms with E-state index in [-0.39, 0.29) is 4.90 Å². The first-order valence-electron chi connectivity index (χ1n) is 12.2.